The lowest BCUT2D eigenvalue weighted by molar-refractivity contribution is -0.385. The van der Waals surface area contributed by atoms with Gasteiger partial charge in [-0.25, -0.2) is 4.98 Å². The zero-order chi connectivity index (χ0) is 19.4. The molecular weight excluding hydrogens is 436 g/mol. The summed E-state index contributed by atoms with van der Waals surface area (Å²) in [7, 11) is 3.05. The Hall–Kier alpha value is -2.65. The number of hydrogen-bond acceptors (Lipinski definition) is 7. The highest BCUT2D eigenvalue weighted by Crippen LogP contribution is 2.35. The van der Waals surface area contributed by atoms with E-state index in [-0.39, 0.29) is 12.3 Å². The summed E-state index contributed by atoms with van der Waals surface area (Å²) in [6.07, 6.45) is 0. The fraction of sp³-hybridized carbons (Fsp3) is 0.167. The summed E-state index contributed by atoms with van der Waals surface area (Å²) in [4.78, 5) is 15.0. The van der Waals surface area contributed by atoms with Gasteiger partial charge in [0.25, 0.3) is 5.69 Å². The van der Waals surface area contributed by atoms with Crippen LogP contribution in [0, 0.1) is 10.1 Å². The quantitative estimate of drug-likeness (QED) is 0.368. The first-order valence-corrected chi connectivity index (χ1v) is 9.42. The molecule has 0 N–H and O–H groups in total. The predicted molar refractivity (Wildman–Crippen MR) is 106 cm³/mol. The van der Waals surface area contributed by atoms with Crippen LogP contribution in [0.1, 0.15) is 5.69 Å². The van der Waals surface area contributed by atoms with E-state index >= 15 is 0 Å². The van der Waals surface area contributed by atoms with Gasteiger partial charge >= 0.3 is 0 Å². The first-order valence-electron chi connectivity index (χ1n) is 7.75. The molecule has 9 heteroatoms. The lowest BCUT2D eigenvalue weighted by Gasteiger charge is -2.09. The van der Waals surface area contributed by atoms with Gasteiger partial charge < -0.3 is 14.2 Å². The maximum absolute atomic E-state index is 10.9. The molecule has 0 unspecified atom stereocenters. The van der Waals surface area contributed by atoms with E-state index in [0.717, 1.165) is 26.5 Å². The van der Waals surface area contributed by atoms with Crippen molar-refractivity contribution in [2.24, 2.45) is 0 Å². The Kier molecular flexibility index (Phi) is 5.92. The Balaban J connectivity index is 1.78. The van der Waals surface area contributed by atoms with Crippen LogP contribution in [0.4, 0.5) is 5.69 Å². The second-order valence-electron chi connectivity index (χ2n) is 5.37. The monoisotopic (exact) mass is 450 g/mol. The number of non-ortho nitro benzene ring substituents is 1. The molecule has 0 amide bonds. The Morgan fingerprint density at radius 3 is 2.56 bits per heavy atom. The van der Waals surface area contributed by atoms with Gasteiger partial charge in [-0.2, -0.15) is 0 Å². The van der Waals surface area contributed by atoms with Crippen molar-refractivity contribution in [2.45, 2.75) is 6.61 Å². The summed E-state index contributed by atoms with van der Waals surface area (Å²) in [6.45, 7) is 0.209. The molecule has 0 atom stereocenters. The number of ether oxygens (including phenoxy) is 3. The van der Waals surface area contributed by atoms with Crippen molar-refractivity contribution in [1.29, 1.82) is 0 Å². The molecule has 2 aromatic carbocycles. The SMILES string of the molecule is COc1cc([N+](=O)[O-])ccc1OCc1csc(-c2cc(Br)ccc2OC)n1. The number of nitro groups is 1. The van der Waals surface area contributed by atoms with E-state index in [1.165, 1.54) is 36.6 Å². The number of halogens is 1. The summed E-state index contributed by atoms with van der Waals surface area (Å²) in [5.41, 5.74) is 1.56. The van der Waals surface area contributed by atoms with E-state index < -0.39 is 4.92 Å². The van der Waals surface area contributed by atoms with E-state index in [4.69, 9.17) is 14.2 Å². The number of aromatic nitrogens is 1. The molecule has 1 aromatic heterocycles. The second-order valence-corrected chi connectivity index (χ2v) is 7.14. The van der Waals surface area contributed by atoms with Gasteiger partial charge in [-0.15, -0.1) is 11.3 Å². The van der Waals surface area contributed by atoms with Crippen molar-refractivity contribution in [1.82, 2.24) is 4.98 Å². The summed E-state index contributed by atoms with van der Waals surface area (Å²) in [6, 6.07) is 9.94. The highest BCUT2D eigenvalue weighted by atomic mass is 79.9. The van der Waals surface area contributed by atoms with Gasteiger partial charge in [0, 0.05) is 15.9 Å². The van der Waals surface area contributed by atoms with Gasteiger partial charge in [-0.05, 0) is 24.3 Å². The number of nitrogens with zero attached hydrogens (tertiary/aromatic N) is 2. The standard InChI is InChI=1S/C18H15BrN2O5S/c1-24-15-5-3-11(19)7-14(15)18-20-12(10-27-18)9-26-16-6-4-13(21(22)23)8-17(16)25-2/h3-8,10H,9H2,1-2H3. The minimum atomic E-state index is -0.482. The highest BCUT2D eigenvalue weighted by Gasteiger charge is 2.14. The molecule has 0 saturated heterocycles. The molecule has 7 nitrogen and oxygen atoms in total. The molecule has 0 radical (unpaired) electrons. The van der Waals surface area contributed by atoms with E-state index in [0.29, 0.717) is 11.5 Å². The molecule has 0 bridgehead atoms. The molecule has 0 aliphatic carbocycles. The first-order chi connectivity index (χ1) is 13.0. The van der Waals surface area contributed by atoms with Crippen molar-refractivity contribution in [3.8, 4) is 27.8 Å². The predicted octanol–water partition coefficient (Wildman–Crippen LogP) is 5.08. The molecule has 27 heavy (non-hydrogen) atoms. The van der Waals surface area contributed by atoms with E-state index in [2.05, 4.69) is 20.9 Å². The Bertz CT molecular complexity index is 976. The van der Waals surface area contributed by atoms with Gasteiger partial charge in [-0.1, -0.05) is 15.9 Å². The number of hydrogen-bond donors (Lipinski definition) is 0. The van der Waals surface area contributed by atoms with Crippen LogP contribution in [-0.4, -0.2) is 24.1 Å². The van der Waals surface area contributed by atoms with Gasteiger partial charge in [0.1, 0.15) is 17.4 Å². The number of rotatable bonds is 7. The normalized spacial score (nSPS) is 10.5. The highest BCUT2D eigenvalue weighted by molar-refractivity contribution is 9.10. The largest absolute Gasteiger partial charge is 0.496 e. The first kappa shape index (κ1) is 19.1. The third-order valence-corrected chi connectivity index (χ3v) is 5.09. The molecule has 140 valence electrons. The van der Waals surface area contributed by atoms with Gasteiger partial charge in [0.05, 0.1) is 36.5 Å². The van der Waals surface area contributed by atoms with E-state index in [1.54, 1.807) is 7.11 Å². The van der Waals surface area contributed by atoms with Crippen LogP contribution < -0.4 is 14.2 Å². The summed E-state index contributed by atoms with van der Waals surface area (Å²) < 4.78 is 17.2. The number of nitro benzene ring substituents is 1. The van der Waals surface area contributed by atoms with Crippen molar-refractivity contribution >= 4 is 33.0 Å². The van der Waals surface area contributed by atoms with Gasteiger partial charge in [-0.3, -0.25) is 10.1 Å². The molecule has 1 heterocycles. The average molecular weight is 451 g/mol. The third-order valence-electron chi connectivity index (χ3n) is 3.68. The number of thiazole rings is 1. The van der Waals surface area contributed by atoms with Crippen molar-refractivity contribution in [3.63, 3.8) is 0 Å². The third kappa shape index (κ3) is 4.37. The maximum atomic E-state index is 10.9. The summed E-state index contributed by atoms with van der Waals surface area (Å²) in [5, 5.41) is 13.6. The van der Waals surface area contributed by atoms with Gasteiger partial charge in [0.2, 0.25) is 0 Å². The second kappa shape index (κ2) is 8.36. The fourth-order valence-electron chi connectivity index (χ4n) is 2.39. The average Bonchev–Trinajstić information content (AvgIpc) is 3.15. The zero-order valence-corrected chi connectivity index (χ0v) is 16.9. The Labute approximate surface area is 167 Å². The summed E-state index contributed by atoms with van der Waals surface area (Å²) >= 11 is 4.94. The molecule has 3 aromatic rings. The number of methoxy groups -OCH3 is 2. The fourth-order valence-corrected chi connectivity index (χ4v) is 3.57. The van der Waals surface area contributed by atoms with Crippen LogP contribution in [0.25, 0.3) is 10.6 Å². The van der Waals surface area contributed by atoms with Gasteiger partial charge in [0.15, 0.2) is 11.5 Å². The molecule has 0 fully saturated rings. The summed E-state index contributed by atoms with van der Waals surface area (Å²) in [5.74, 6) is 1.45. The van der Waals surface area contributed by atoms with Crippen molar-refractivity contribution in [3.05, 3.63) is 62.1 Å². The van der Waals surface area contributed by atoms with Crippen LogP contribution in [0.5, 0.6) is 17.2 Å². The van der Waals surface area contributed by atoms with Crippen LogP contribution >= 0.6 is 27.3 Å². The van der Waals surface area contributed by atoms with E-state index in [1.807, 2.05) is 23.6 Å². The lowest BCUT2D eigenvalue weighted by atomic mass is 10.2. The van der Waals surface area contributed by atoms with Crippen LogP contribution in [0.15, 0.2) is 46.3 Å². The number of benzene rings is 2. The molecule has 0 saturated carbocycles. The van der Waals surface area contributed by atoms with Crippen molar-refractivity contribution in [2.75, 3.05) is 14.2 Å². The topological polar surface area (TPSA) is 83.7 Å². The van der Waals surface area contributed by atoms with Crippen LogP contribution in [0.3, 0.4) is 0 Å². The maximum Gasteiger partial charge on any atom is 0.273 e. The van der Waals surface area contributed by atoms with Crippen LogP contribution in [0.2, 0.25) is 0 Å². The molecule has 0 aliphatic heterocycles. The zero-order valence-electron chi connectivity index (χ0n) is 14.5. The Morgan fingerprint density at radius 1 is 1.11 bits per heavy atom. The minimum absolute atomic E-state index is 0.0584. The molecule has 3 rings (SSSR count). The Morgan fingerprint density at radius 2 is 1.85 bits per heavy atom. The van der Waals surface area contributed by atoms with E-state index in [9.17, 15) is 10.1 Å². The van der Waals surface area contributed by atoms with Crippen molar-refractivity contribution < 1.29 is 19.1 Å². The smallest absolute Gasteiger partial charge is 0.273 e. The molecule has 0 aliphatic rings. The molecular formula is C18H15BrN2O5S. The lowest BCUT2D eigenvalue weighted by Crippen LogP contribution is -1.99. The van der Waals surface area contributed by atoms with Crippen LogP contribution in [-0.2, 0) is 6.61 Å². The minimum Gasteiger partial charge on any atom is -0.496 e. The molecule has 0 spiro atoms.